The summed E-state index contributed by atoms with van der Waals surface area (Å²) in [5.74, 6) is 1.38. The topological polar surface area (TPSA) is 98.5 Å². The summed E-state index contributed by atoms with van der Waals surface area (Å²) in [7, 11) is 1.76. The third-order valence-corrected chi connectivity index (χ3v) is 7.19. The van der Waals surface area contributed by atoms with E-state index < -0.39 is 0 Å². The third kappa shape index (κ3) is 5.02. The average molecular weight is 518 g/mol. The highest BCUT2D eigenvalue weighted by atomic mass is 16.5. The van der Waals surface area contributed by atoms with Crippen molar-refractivity contribution in [2.75, 3.05) is 49.6 Å². The van der Waals surface area contributed by atoms with E-state index in [1.165, 1.54) is 5.56 Å². The van der Waals surface area contributed by atoms with E-state index in [0.29, 0.717) is 11.6 Å². The number of hydrogen-bond acceptors (Lipinski definition) is 8. The summed E-state index contributed by atoms with van der Waals surface area (Å²) >= 11 is 0. The van der Waals surface area contributed by atoms with Gasteiger partial charge in [0.05, 0.1) is 5.69 Å². The Bertz CT molecular complexity index is 1540. The van der Waals surface area contributed by atoms with Crippen LogP contribution < -0.4 is 14.5 Å². The van der Waals surface area contributed by atoms with Crippen molar-refractivity contribution in [3.8, 4) is 34.3 Å². The Morgan fingerprint density at radius 1 is 0.949 bits per heavy atom. The Morgan fingerprint density at radius 2 is 1.72 bits per heavy atom. The molecule has 0 aliphatic carbocycles. The van der Waals surface area contributed by atoms with Crippen LogP contribution in [0.5, 0.6) is 5.88 Å². The number of nitrogens with zero attached hydrogens (tertiary/aromatic N) is 7. The smallest absolute Gasteiger partial charge is 0.264 e. The van der Waals surface area contributed by atoms with Gasteiger partial charge in [0.15, 0.2) is 6.61 Å². The molecule has 4 aromatic rings. The Morgan fingerprint density at radius 3 is 2.46 bits per heavy atom. The van der Waals surface area contributed by atoms with Crippen molar-refractivity contribution in [2.24, 2.45) is 0 Å². The largest absolute Gasteiger partial charge is 0.466 e. The van der Waals surface area contributed by atoms with E-state index in [2.05, 4.69) is 56.2 Å². The monoisotopic (exact) mass is 517 g/mol. The molecular formula is C30H27N7O2. The molecule has 39 heavy (non-hydrogen) atoms. The molecule has 0 spiro atoms. The van der Waals surface area contributed by atoms with Crippen LogP contribution in [0, 0.1) is 11.3 Å². The summed E-state index contributed by atoms with van der Waals surface area (Å²) in [6.07, 6.45) is 1.64. The second-order valence-electron chi connectivity index (χ2n) is 9.63. The SMILES string of the molecule is CN1C(=O)COc2nc(-c3ccc(CN4CCN(c5ccnc(C#N)n5)CC4)cc3)c(-c3ccccc3)cc21. The van der Waals surface area contributed by atoms with E-state index in [9.17, 15) is 4.79 Å². The first kappa shape index (κ1) is 24.5. The van der Waals surface area contributed by atoms with Crippen LogP contribution in [0.2, 0.25) is 0 Å². The molecule has 0 N–H and O–H groups in total. The van der Waals surface area contributed by atoms with E-state index in [-0.39, 0.29) is 18.3 Å². The van der Waals surface area contributed by atoms with E-state index in [1.54, 1.807) is 18.1 Å². The third-order valence-electron chi connectivity index (χ3n) is 7.19. The summed E-state index contributed by atoms with van der Waals surface area (Å²) in [6, 6.07) is 24.5. The van der Waals surface area contributed by atoms with Gasteiger partial charge in [-0.1, -0.05) is 54.6 Å². The number of fused-ring (bicyclic) bond motifs is 1. The zero-order chi connectivity index (χ0) is 26.8. The number of carbonyl (C=O) groups excluding carboxylic acids is 1. The molecule has 1 fully saturated rings. The lowest BCUT2D eigenvalue weighted by Gasteiger charge is -2.35. The molecule has 2 aliphatic heterocycles. The number of piperazine rings is 1. The summed E-state index contributed by atoms with van der Waals surface area (Å²) in [5.41, 5.74) is 5.70. The second-order valence-corrected chi connectivity index (χ2v) is 9.63. The quantitative estimate of drug-likeness (QED) is 0.395. The number of nitriles is 1. The number of rotatable bonds is 5. The first-order chi connectivity index (χ1) is 19.1. The highest BCUT2D eigenvalue weighted by Gasteiger charge is 2.26. The summed E-state index contributed by atoms with van der Waals surface area (Å²) in [5, 5.41) is 9.08. The molecule has 0 saturated carbocycles. The van der Waals surface area contributed by atoms with Crippen LogP contribution in [0.4, 0.5) is 11.5 Å². The number of ether oxygens (including phenoxy) is 1. The zero-order valence-electron chi connectivity index (χ0n) is 21.6. The van der Waals surface area contributed by atoms with Crippen LogP contribution in [0.3, 0.4) is 0 Å². The van der Waals surface area contributed by atoms with Crippen molar-refractivity contribution in [1.82, 2.24) is 19.9 Å². The summed E-state index contributed by atoms with van der Waals surface area (Å²) < 4.78 is 5.70. The molecule has 0 bridgehead atoms. The van der Waals surface area contributed by atoms with Crippen LogP contribution in [-0.4, -0.2) is 65.6 Å². The molecule has 6 rings (SSSR count). The van der Waals surface area contributed by atoms with Crippen LogP contribution in [0.25, 0.3) is 22.4 Å². The molecule has 9 nitrogen and oxygen atoms in total. The number of aromatic nitrogens is 3. The van der Waals surface area contributed by atoms with Gasteiger partial charge in [-0.15, -0.1) is 0 Å². The van der Waals surface area contributed by atoms with Crippen LogP contribution >= 0.6 is 0 Å². The minimum atomic E-state index is -0.0924. The Hall–Kier alpha value is -4.81. The van der Waals surface area contributed by atoms with Gasteiger partial charge in [0.25, 0.3) is 5.91 Å². The average Bonchev–Trinajstić information content (AvgIpc) is 3.00. The molecule has 9 heteroatoms. The predicted octanol–water partition coefficient (Wildman–Crippen LogP) is 3.75. The fourth-order valence-electron chi connectivity index (χ4n) is 4.99. The molecule has 2 aromatic heterocycles. The molecule has 194 valence electrons. The van der Waals surface area contributed by atoms with E-state index in [4.69, 9.17) is 15.0 Å². The van der Waals surface area contributed by atoms with Crippen LogP contribution in [-0.2, 0) is 11.3 Å². The van der Waals surface area contributed by atoms with Crippen molar-refractivity contribution in [1.29, 1.82) is 5.26 Å². The van der Waals surface area contributed by atoms with Gasteiger partial charge in [0.1, 0.15) is 17.6 Å². The Balaban J connectivity index is 1.20. The van der Waals surface area contributed by atoms with Crippen molar-refractivity contribution < 1.29 is 9.53 Å². The van der Waals surface area contributed by atoms with Crippen LogP contribution in [0.15, 0.2) is 72.9 Å². The molecule has 0 radical (unpaired) electrons. The van der Waals surface area contributed by atoms with Gasteiger partial charge in [-0.2, -0.15) is 5.26 Å². The first-order valence-corrected chi connectivity index (χ1v) is 12.9. The fourth-order valence-corrected chi connectivity index (χ4v) is 4.99. The van der Waals surface area contributed by atoms with E-state index in [0.717, 1.165) is 60.9 Å². The molecule has 0 unspecified atom stereocenters. The molecule has 2 aliphatic rings. The second kappa shape index (κ2) is 10.5. The highest BCUT2D eigenvalue weighted by molar-refractivity contribution is 5.98. The molecule has 2 aromatic carbocycles. The van der Waals surface area contributed by atoms with Crippen molar-refractivity contribution in [3.05, 3.63) is 84.3 Å². The molecule has 4 heterocycles. The maximum absolute atomic E-state index is 12.2. The van der Waals surface area contributed by atoms with Gasteiger partial charge >= 0.3 is 0 Å². The maximum Gasteiger partial charge on any atom is 0.264 e. The van der Waals surface area contributed by atoms with Gasteiger partial charge in [-0.3, -0.25) is 9.69 Å². The number of carbonyl (C=O) groups is 1. The Labute approximate surface area is 226 Å². The van der Waals surface area contributed by atoms with Gasteiger partial charge in [0.2, 0.25) is 11.7 Å². The number of likely N-dealkylation sites (N-methyl/N-ethyl adjacent to an activating group) is 1. The maximum atomic E-state index is 12.2. The molecular weight excluding hydrogens is 490 g/mol. The van der Waals surface area contributed by atoms with E-state index in [1.807, 2.05) is 36.4 Å². The normalized spacial score (nSPS) is 15.4. The van der Waals surface area contributed by atoms with E-state index >= 15 is 0 Å². The zero-order valence-corrected chi connectivity index (χ0v) is 21.6. The highest BCUT2D eigenvalue weighted by Crippen LogP contribution is 2.39. The first-order valence-electron chi connectivity index (χ1n) is 12.9. The summed E-state index contributed by atoms with van der Waals surface area (Å²) in [4.78, 5) is 31.6. The lowest BCUT2D eigenvalue weighted by molar-refractivity contribution is -0.121. The predicted molar refractivity (Wildman–Crippen MR) is 148 cm³/mol. The van der Waals surface area contributed by atoms with Gasteiger partial charge in [0, 0.05) is 57.1 Å². The van der Waals surface area contributed by atoms with Crippen LogP contribution in [0.1, 0.15) is 11.4 Å². The molecule has 1 saturated heterocycles. The number of pyridine rings is 1. The minimum absolute atomic E-state index is 0.0104. The van der Waals surface area contributed by atoms with Crippen molar-refractivity contribution in [2.45, 2.75) is 6.54 Å². The standard InChI is InChI=1S/C30H27N7O2/c1-35-25-17-24(22-5-3-2-4-6-22)29(34-30(25)39-20-28(35)38)23-9-7-21(8-10-23)19-36-13-15-37(16-14-36)27-11-12-32-26(18-31)33-27/h2-12,17H,13-16,19-20H2,1H3. The Kier molecular flexibility index (Phi) is 6.61. The van der Waals surface area contributed by atoms with Crippen molar-refractivity contribution in [3.63, 3.8) is 0 Å². The van der Waals surface area contributed by atoms with Gasteiger partial charge < -0.3 is 14.5 Å². The molecule has 1 amide bonds. The molecule has 0 atom stereocenters. The van der Waals surface area contributed by atoms with Gasteiger partial charge in [-0.05, 0) is 23.3 Å². The number of anilines is 2. The minimum Gasteiger partial charge on any atom is -0.466 e. The van der Waals surface area contributed by atoms with Gasteiger partial charge in [-0.25, -0.2) is 15.0 Å². The number of amides is 1. The summed E-state index contributed by atoms with van der Waals surface area (Å²) in [6.45, 7) is 4.33. The lowest BCUT2D eigenvalue weighted by atomic mass is 9.97. The van der Waals surface area contributed by atoms with Crippen molar-refractivity contribution >= 4 is 17.4 Å². The number of hydrogen-bond donors (Lipinski definition) is 0. The number of benzene rings is 2. The fraction of sp³-hybridized carbons (Fsp3) is 0.233. The lowest BCUT2D eigenvalue weighted by Crippen LogP contribution is -2.46.